The summed E-state index contributed by atoms with van der Waals surface area (Å²) in [4.78, 5) is 13.2. The van der Waals surface area contributed by atoms with E-state index in [2.05, 4.69) is 4.90 Å². The first-order valence-electron chi connectivity index (χ1n) is 4.59. The van der Waals surface area contributed by atoms with Crippen molar-refractivity contribution in [2.45, 2.75) is 32.2 Å². The van der Waals surface area contributed by atoms with Gasteiger partial charge in [0.1, 0.15) is 0 Å². The second kappa shape index (κ2) is 2.46. The summed E-state index contributed by atoms with van der Waals surface area (Å²) in [6, 6.07) is 0.714. The molecule has 0 bridgehead atoms. The Morgan fingerprint density at radius 1 is 1.58 bits per heavy atom. The average molecular weight is 169 g/mol. The van der Waals surface area contributed by atoms with Crippen LogP contribution in [0, 0.1) is 5.41 Å². The Kier molecular flexibility index (Phi) is 1.65. The third-order valence-electron chi connectivity index (χ3n) is 3.08. The molecule has 1 saturated heterocycles. The van der Waals surface area contributed by atoms with E-state index in [4.69, 9.17) is 5.11 Å². The fraction of sp³-hybridized carbons (Fsp3) is 0.889. The van der Waals surface area contributed by atoms with Gasteiger partial charge in [-0.1, -0.05) is 0 Å². The molecule has 1 N–H and O–H groups in total. The molecular formula is C9H15NO2. The van der Waals surface area contributed by atoms with Crippen molar-refractivity contribution in [2.75, 3.05) is 13.1 Å². The molecule has 3 nitrogen and oxygen atoms in total. The molecule has 12 heavy (non-hydrogen) atoms. The van der Waals surface area contributed by atoms with Gasteiger partial charge < -0.3 is 5.11 Å². The number of rotatable bonds is 2. The Labute approximate surface area is 72.4 Å². The van der Waals surface area contributed by atoms with E-state index in [9.17, 15) is 4.79 Å². The third-order valence-corrected chi connectivity index (χ3v) is 3.08. The quantitative estimate of drug-likeness (QED) is 0.669. The van der Waals surface area contributed by atoms with Crippen LogP contribution in [0.3, 0.4) is 0 Å². The predicted octanol–water partition coefficient (Wildman–Crippen LogP) is 0.945. The van der Waals surface area contributed by atoms with Gasteiger partial charge >= 0.3 is 5.97 Å². The maximum atomic E-state index is 10.9. The zero-order chi connectivity index (χ0) is 8.77. The summed E-state index contributed by atoms with van der Waals surface area (Å²) >= 11 is 0. The Hall–Kier alpha value is -0.570. The number of hydrogen-bond donors (Lipinski definition) is 1. The van der Waals surface area contributed by atoms with Crippen LogP contribution in [-0.2, 0) is 4.79 Å². The van der Waals surface area contributed by atoms with Crippen LogP contribution in [-0.4, -0.2) is 35.1 Å². The number of carboxylic acid groups (broad SMARTS) is 1. The second-order valence-corrected chi connectivity index (χ2v) is 4.32. The first-order chi connectivity index (χ1) is 5.62. The van der Waals surface area contributed by atoms with E-state index in [1.54, 1.807) is 0 Å². The molecule has 1 unspecified atom stereocenters. The van der Waals surface area contributed by atoms with Crippen LogP contribution in [0.5, 0.6) is 0 Å². The van der Waals surface area contributed by atoms with Gasteiger partial charge in [0.15, 0.2) is 0 Å². The van der Waals surface area contributed by atoms with Crippen molar-refractivity contribution in [3.63, 3.8) is 0 Å². The topological polar surface area (TPSA) is 40.5 Å². The number of hydrogen-bond acceptors (Lipinski definition) is 2. The highest BCUT2D eigenvalue weighted by Crippen LogP contribution is 2.37. The lowest BCUT2D eigenvalue weighted by Gasteiger charge is -2.19. The van der Waals surface area contributed by atoms with Crippen LogP contribution in [0.15, 0.2) is 0 Å². The molecule has 1 saturated carbocycles. The van der Waals surface area contributed by atoms with Gasteiger partial charge in [-0.25, -0.2) is 0 Å². The number of carboxylic acids is 1. The van der Waals surface area contributed by atoms with Crippen molar-refractivity contribution < 1.29 is 9.90 Å². The summed E-state index contributed by atoms with van der Waals surface area (Å²) < 4.78 is 0. The maximum absolute atomic E-state index is 10.9. The van der Waals surface area contributed by atoms with E-state index in [0.29, 0.717) is 6.04 Å². The number of aliphatic carboxylic acids is 1. The fourth-order valence-corrected chi connectivity index (χ4v) is 1.92. The summed E-state index contributed by atoms with van der Waals surface area (Å²) in [5.41, 5.74) is -0.470. The standard InChI is InChI=1S/C9H15NO2/c1-9(8(11)12)4-5-10(6-9)7-2-3-7/h7H,2-6H2,1H3,(H,11,12). The molecule has 1 atom stereocenters. The van der Waals surface area contributed by atoms with Crippen LogP contribution < -0.4 is 0 Å². The Bertz CT molecular complexity index is 213. The minimum Gasteiger partial charge on any atom is -0.481 e. The molecule has 0 spiro atoms. The molecule has 3 heteroatoms. The van der Waals surface area contributed by atoms with Gasteiger partial charge in [0.05, 0.1) is 5.41 Å². The van der Waals surface area contributed by atoms with E-state index in [1.165, 1.54) is 12.8 Å². The number of carbonyl (C=O) groups is 1. The van der Waals surface area contributed by atoms with Gasteiger partial charge in [0.2, 0.25) is 0 Å². The van der Waals surface area contributed by atoms with Crippen LogP contribution in [0.2, 0.25) is 0 Å². The highest BCUT2D eigenvalue weighted by Gasteiger charge is 2.44. The summed E-state index contributed by atoms with van der Waals surface area (Å²) in [6.45, 7) is 3.60. The summed E-state index contributed by atoms with van der Waals surface area (Å²) in [5.74, 6) is -0.634. The largest absolute Gasteiger partial charge is 0.481 e. The van der Waals surface area contributed by atoms with E-state index in [1.807, 2.05) is 6.92 Å². The van der Waals surface area contributed by atoms with Crippen LogP contribution >= 0.6 is 0 Å². The molecule has 0 aromatic rings. The fourth-order valence-electron chi connectivity index (χ4n) is 1.92. The predicted molar refractivity (Wildman–Crippen MR) is 45.0 cm³/mol. The van der Waals surface area contributed by atoms with Gasteiger partial charge in [-0.15, -0.1) is 0 Å². The lowest BCUT2D eigenvalue weighted by molar-refractivity contribution is -0.147. The third kappa shape index (κ3) is 1.22. The molecule has 0 aromatic carbocycles. The van der Waals surface area contributed by atoms with Crippen LogP contribution in [0.25, 0.3) is 0 Å². The van der Waals surface area contributed by atoms with Gasteiger partial charge in [-0.3, -0.25) is 9.69 Å². The summed E-state index contributed by atoms with van der Waals surface area (Å²) in [6.07, 6.45) is 3.37. The van der Waals surface area contributed by atoms with E-state index in [-0.39, 0.29) is 0 Å². The smallest absolute Gasteiger partial charge is 0.310 e. The highest BCUT2D eigenvalue weighted by molar-refractivity contribution is 5.74. The minimum atomic E-state index is -0.634. The van der Waals surface area contributed by atoms with E-state index < -0.39 is 11.4 Å². The maximum Gasteiger partial charge on any atom is 0.310 e. The average Bonchev–Trinajstić information content (AvgIpc) is 2.76. The van der Waals surface area contributed by atoms with Crippen molar-refractivity contribution in [1.29, 1.82) is 0 Å². The van der Waals surface area contributed by atoms with Gasteiger partial charge in [0.25, 0.3) is 0 Å². The number of nitrogens with zero attached hydrogens (tertiary/aromatic N) is 1. The lowest BCUT2D eigenvalue weighted by atomic mass is 9.90. The molecule has 0 amide bonds. The molecule has 0 aromatic heterocycles. The Balaban J connectivity index is 1.99. The van der Waals surface area contributed by atoms with Crippen molar-refractivity contribution in [3.8, 4) is 0 Å². The molecule has 2 fully saturated rings. The van der Waals surface area contributed by atoms with Crippen molar-refractivity contribution in [1.82, 2.24) is 4.90 Å². The molecule has 1 aliphatic heterocycles. The molecule has 1 heterocycles. The number of likely N-dealkylation sites (tertiary alicyclic amines) is 1. The van der Waals surface area contributed by atoms with Crippen LogP contribution in [0.1, 0.15) is 26.2 Å². The van der Waals surface area contributed by atoms with Gasteiger partial charge in [-0.2, -0.15) is 0 Å². The first-order valence-corrected chi connectivity index (χ1v) is 4.59. The summed E-state index contributed by atoms with van der Waals surface area (Å²) in [7, 11) is 0. The Morgan fingerprint density at radius 3 is 2.67 bits per heavy atom. The van der Waals surface area contributed by atoms with Crippen molar-refractivity contribution in [2.24, 2.45) is 5.41 Å². The van der Waals surface area contributed by atoms with Crippen molar-refractivity contribution >= 4 is 5.97 Å². The van der Waals surface area contributed by atoms with E-state index >= 15 is 0 Å². The highest BCUT2D eigenvalue weighted by atomic mass is 16.4. The first kappa shape index (κ1) is 8.05. The van der Waals surface area contributed by atoms with E-state index in [0.717, 1.165) is 19.5 Å². The summed E-state index contributed by atoms with van der Waals surface area (Å²) in [5, 5.41) is 8.97. The molecule has 1 aliphatic carbocycles. The van der Waals surface area contributed by atoms with Gasteiger partial charge in [-0.05, 0) is 32.7 Å². The SMILES string of the molecule is CC1(C(=O)O)CCN(C2CC2)C1. The minimum absolute atomic E-state index is 0.470. The Morgan fingerprint density at radius 2 is 2.25 bits per heavy atom. The van der Waals surface area contributed by atoms with Crippen molar-refractivity contribution in [3.05, 3.63) is 0 Å². The molecule has 2 rings (SSSR count). The normalized spacial score (nSPS) is 37.1. The molecule has 0 radical (unpaired) electrons. The monoisotopic (exact) mass is 169 g/mol. The molecular weight excluding hydrogens is 154 g/mol. The zero-order valence-electron chi connectivity index (χ0n) is 7.42. The zero-order valence-corrected chi connectivity index (χ0v) is 7.42. The lowest BCUT2D eigenvalue weighted by Crippen LogP contribution is -2.32. The molecule has 2 aliphatic rings. The van der Waals surface area contributed by atoms with Gasteiger partial charge in [0, 0.05) is 12.6 Å². The molecule has 68 valence electrons. The second-order valence-electron chi connectivity index (χ2n) is 4.32. The van der Waals surface area contributed by atoms with Crippen LogP contribution in [0.4, 0.5) is 0 Å².